The Morgan fingerprint density at radius 2 is 2.10 bits per heavy atom. The molecule has 0 fully saturated rings. The third-order valence-electron chi connectivity index (χ3n) is 2.96. The predicted molar refractivity (Wildman–Crippen MR) is 80.4 cm³/mol. The molecular weight excluding hydrogens is 298 g/mol. The van der Waals surface area contributed by atoms with Gasteiger partial charge < -0.3 is 5.32 Å². The lowest BCUT2D eigenvalue weighted by molar-refractivity contribution is 0.598. The van der Waals surface area contributed by atoms with E-state index in [1.54, 1.807) is 18.2 Å². The first-order valence-corrected chi connectivity index (χ1v) is 8.17. The Morgan fingerprint density at radius 1 is 1.35 bits per heavy atom. The van der Waals surface area contributed by atoms with Gasteiger partial charge in [-0.1, -0.05) is 30.7 Å². The first-order valence-electron chi connectivity index (χ1n) is 6.25. The first-order chi connectivity index (χ1) is 9.43. The Labute approximate surface area is 123 Å². The number of benzene rings is 1. The van der Waals surface area contributed by atoms with Gasteiger partial charge in [-0.3, -0.25) is 0 Å². The number of rotatable bonds is 5. The normalized spacial score (nSPS) is 11.9. The second kappa shape index (κ2) is 6.05. The van der Waals surface area contributed by atoms with Crippen molar-refractivity contribution in [3.8, 4) is 0 Å². The van der Waals surface area contributed by atoms with Crippen LogP contribution in [-0.2, 0) is 16.4 Å². The Bertz CT molecular complexity index is 732. The van der Waals surface area contributed by atoms with Crippen molar-refractivity contribution in [1.82, 2.24) is 10.3 Å². The van der Waals surface area contributed by atoms with Gasteiger partial charge in [-0.05, 0) is 18.7 Å². The van der Waals surface area contributed by atoms with Crippen LogP contribution in [0, 0.1) is 0 Å². The van der Waals surface area contributed by atoms with Gasteiger partial charge in [-0.25, -0.2) is 18.5 Å². The molecule has 1 aromatic carbocycles. The van der Waals surface area contributed by atoms with Crippen molar-refractivity contribution in [2.45, 2.75) is 18.2 Å². The van der Waals surface area contributed by atoms with Crippen LogP contribution in [0.15, 0.2) is 29.2 Å². The standard InChI is InChI=1S/C13H16ClN3O2S/c1-2-16-7-6-9-8-11-10(13(14)17-9)4-3-5-12(11)20(15,18)19/h3-5,8,16H,2,6-7H2,1H3,(H2,15,18,19). The number of hydrogen-bond donors (Lipinski definition) is 2. The van der Waals surface area contributed by atoms with Crippen molar-refractivity contribution in [3.63, 3.8) is 0 Å². The molecule has 1 aromatic heterocycles. The van der Waals surface area contributed by atoms with E-state index in [4.69, 9.17) is 16.7 Å². The Morgan fingerprint density at radius 3 is 2.75 bits per heavy atom. The highest BCUT2D eigenvalue weighted by Gasteiger charge is 2.15. The summed E-state index contributed by atoms with van der Waals surface area (Å²) in [6, 6.07) is 6.54. The average Bonchev–Trinajstić information content (AvgIpc) is 2.37. The van der Waals surface area contributed by atoms with E-state index in [0.717, 1.165) is 18.8 Å². The van der Waals surface area contributed by atoms with Gasteiger partial charge >= 0.3 is 0 Å². The van der Waals surface area contributed by atoms with Crippen molar-refractivity contribution in [3.05, 3.63) is 35.1 Å². The van der Waals surface area contributed by atoms with Crippen LogP contribution in [0.3, 0.4) is 0 Å². The summed E-state index contributed by atoms with van der Waals surface area (Å²) in [4.78, 5) is 4.36. The number of sulfonamides is 1. The second-order valence-corrected chi connectivity index (χ2v) is 6.29. The SMILES string of the molecule is CCNCCc1cc2c(S(N)(=O)=O)cccc2c(Cl)n1. The Balaban J connectivity index is 2.56. The summed E-state index contributed by atoms with van der Waals surface area (Å²) in [5.41, 5.74) is 0.736. The molecule has 0 aliphatic heterocycles. The summed E-state index contributed by atoms with van der Waals surface area (Å²) in [5, 5.41) is 9.82. The Hall–Kier alpha value is -1.21. The maximum Gasteiger partial charge on any atom is 0.238 e. The molecule has 20 heavy (non-hydrogen) atoms. The largest absolute Gasteiger partial charge is 0.317 e. The molecule has 0 atom stereocenters. The minimum atomic E-state index is -3.79. The third-order valence-corrected chi connectivity index (χ3v) is 4.21. The summed E-state index contributed by atoms with van der Waals surface area (Å²) in [7, 11) is -3.79. The van der Waals surface area contributed by atoms with Gasteiger partial charge in [0.15, 0.2) is 0 Å². The number of nitrogens with two attached hydrogens (primary N) is 1. The number of hydrogen-bond acceptors (Lipinski definition) is 4. The van der Waals surface area contributed by atoms with Crippen LogP contribution in [0.25, 0.3) is 10.8 Å². The molecular formula is C13H16ClN3O2S. The molecule has 0 aliphatic rings. The minimum absolute atomic E-state index is 0.0731. The van der Waals surface area contributed by atoms with Crippen molar-refractivity contribution >= 4 is 32.4 Å². The van der Waals surface area contributed by atoms with Crippen LogP contribution in [-0.4, -0.2) is 26.5 Å². The van der Waals surface area contributed by atoms with Crippen molar-refractivity contribution < 1.29 is 8.42 Å². The fourth-order valence-electron chi connectivity index (χ4n) is 2.03. The monoisotopic (exact) mass is 313 g/mol. The molecule has 0 amide bonds. The van der Waals surface area contributed by atoms with Gasteiger partial charge in [0.05, 0.1) is 4.90 Å². The number of pyridine rings is 1. The van der Waals surface area contributed by atoms with Gasteiger partial charge in [-0.2, -0.15) is 0 Å². The molecule has 5 nitrogen and oxygen atoms in total. The second-order valence-electron chi connectivity index (χ2n) is 4.40. The van der Waals surface area contributed by atoms with E-state index in [1.165, 1.54) is 6.07 Å². The van der Waals surface area contributed by atoms with Crippen LogP contribution in [0.5, 0.6) is 0 Å². The minimum Gasteiger partial charge on any atom is -0.317 e. The quantitative estimate of drug-likeness (QED) is 0.650. The van der Waals surface area contributed by atoms with Gasteiger partial charge in [0.25, 0.3) is 0 Å². The molecule has 3 N–H and O–H groups in total. The van der Waals surface area contributed by atoms with E-state index in [-0.39, 0.29) is 4.90 Å². The van der Waals surface area contributed by atoms with Gasteiger partial charge in [-0.15, -0.1) is 0 Å². The molecule has 7 heteroatoms. The maximum atomic E-state index is 11.6. The van der Waals surface area contributed by atoms with E-state index >= 15 is 0 Å². The fraction of sp³-hybridized carbons (Fsp3) is 0.308. The molecule has 0 aliphatic carbocycles. The average molecular weight is 314 g/mol. The Kier molecular flexibility index (Phi) is 4.59. The lowest BCUT2D eigenvalue weighted by Gasteiger charge is -2.09. The van der Waals surface area contributed by atoms with Crippen LogP contribution < -0.4 is 10.5 Å². The van der Waals surface area contributed by atoms with E-state index in [1.807, 2.05) is 6.92 Å². The van der Waals surface area contributed by atoms with Gasteiger partial charge in [0.2, 0.25) is 10.0 Å². The molecule has 1 heterocycles. The molecule has 0 radical (unpaired) electrons. The molecule has 0 saturated carbocycles. The smallest absolute Gasteiger partial charge is 0.238 e. The molecule has 0 bridgehead atoms. The summed E-state index contributed by atoms with van der Waals surface area (Å²) >= 11 is 6.13. The predicted octanol–water partition coefficient (Wildman–Crippen LogP) is 1.69. The zero-order chi connectivity index (χ0) is 14.8. The lowest BCUT2D eigenvalue weighted by atomic mass is 10.1. The molecule has 2 rings (SSSR count). The van der Waals surface area contributed by atoms with Gasteiger partial charge in [0.1, 0.15) is 5.15 Å². The molecule has 0 unspecified atom stereocenters. The lowest BCUT2D eigenvalue weighted by Crippen LogP contribution is -2.17. The number of fused-ring (bicyclic) bond motifs is 1. The van der Waals surface area contributed by atoms with Crippen molar-refractivity contribution in [2.24, 2.45) is 5.14 Å². The highest BCUT2D eigenvalue weighted by molar-refractivity contribution is 7.89. The highest BCUT2D eigenvalue weighted by Crippen LogP contribution is 2.27. The van der Waals surface area contributed by atoms with E-state index in [9.17, 15) is 8.42 Å². The molecule has 0 saturated heterocycles. The van der Waals surface area contributed by atoms with Crippen LogP contribution in [0.2, 0.25) is 5.15 Å². The number of primary sulfonamides is 1. The summed E-state index contributed by atoms with van der Waals surface area (Å²) in [6.45, 7) is 3.63. The van der Waals surface area contributed by atoms with Crippen LogP contribution in [0.4, 0.5) is 0 Å². The van der Waals surface area contributed by atoms with Crippen LogP contribution >= 0.6 is 11.6 Å². The maximum absolute atomic E-state index is 11.6. The van der Waals surface area contributed by atoms with Crippen molar-refractivity contribution in [1.29, 1.82) is 0 Å². The zero-order valence-electron chi connectivity index (χ0n) is 11.1. The van der Waals surface area contributed by atoms with E-state index in [0.29, 0.717) is 22.3 Å². The summed E-state index contributed by atoms with van der Waals surface area (Å²) in [6.07, 6.45) is 0.669. The summed E-state index contributed by atoms with van der Waals surface area (Å²) in [5.74, 6) is 0. The number of aromatic nitrogens is 1. The number of nitrogens with zero attached hydrogens (tertiary/aromatic N) is 1. The molecule has 108 valence electrons. The van der Waals surface area contributed by atoms with Crippen LogP contribution in [0.1, 0.15) is 12.6 Å². The van der Waals surface area contributed by atoms with Crippen molar-refractivity contribution in [2.75, 3.05) is 13.1 Å². The topological polar surface area (TPSA) is 85.1 Å². The molecule has 2 aromatic rings. The van der Waals surface area contributed by atoms with E-state index in [2.05, 4.69) is 10.3 Å². The third kappa shape index (κ3) is 3.27. The highest BCUT2D eigenvalue weighted by atomic mass is 35.5. The number of nitrogens with one attached hydrogen (secondary N) is 1. The zero-order valence-corrected chi connectivity index (χ0v) is 12.6. The molecule has 0 spiro atoms. The first kappa shape index (κ1) is 15.2. The number of halogens is 1. The fourth-order valence-corrected chi connectivity index (χ4v) is 3.04. The van der Waals surface area contributed by atoms with Gasteiger partial charge in [0, 0.05) is 29.4 Å². The van der Waals surface area contributed by atoms with E-state index < -0.39 is 10.0 Å². The summed E-state index contributed by atoms with van der Waals surface area (Å²) < 4.78 is 23.3. The number of likely N-dealkylation sites (N-methyl/N-ethyl adjacent to an activating group) is 1.